The summed E-state index contributed by atoms with van der Waals surface area (Å²) in [4.78, 5) is 21.6. The molecule has 2 unspecified atom stereocenters. The summed E-state index contributed by atoms with van der Waals surface area (Å²) in [6.45, 7) is 0. The number of piperidine rings is 1. The molecule has 0 aliphatic carbocycles. The van der Waals surface area contributed by atoms with E-state index in [4.69, 9.17) is 0 Å². The number of carbonyl (C=O) groups excluding carboxylic acids is 1. The molecular weight excluding hydrogens is 314 g/mol. The van der Waals surface area contributed by atoms with E-state index < -0.39 is 0 Å². The van der Waals surface area contributed by atoms with Crippen molar-refractivity contribution >= 4 is 16.8 Å². The van der Waals surface area contributed by atoms with Gasteiger partial charge in [0.2, 0.25) is 0 Å². The van der Waals surface area contributed by atoms with Gasteiger partial charge in [-0.2, -0.15) is 15.0 Å². The number of rotatable bonds is 2. The number of fused-ring (bicyclic) bond motifs is 3. The molecule has 5 rings (SSSR count). The molecule has 0 saturated carbocycles. The fourth-order valence-corrected chi connectivity index (χ4v) is 4.40. The van der Waals surface area contributed by atoms with Crippen LogP contribution in [-0.4, -0.2) is 42.9 Å². The van der Waals surface area contributed by atoms with E-state index in [9.17, 15) is 4.79 Å². The van der Waals surface area contributed by atoms with Gasteiger partial charge in [0.15, 0.2) is 0 Å². The van der Waals surface area contributed by atoms with Gasteiger partial charge in [-0.3, -0.25) is 4.79 Å². The summed E-state index contributed by atoms with van der Waals surface area (Å²) in [6, 6.07) is 12.6. The predicted molar refractivity (Wildman–Crippen MR) is 93.0 cm³/mol. The van der Waals surface area contributed by atoms with Crippen molar-refractivity contribution in [3.8, 4) is 0 Å². The maximum absolute atomic E-state index is 13.1. The number of benzene rings is 1. The average molecular weight is 333 g/mol. The Bertz CT molecular complexity index is 908. The third-order valence-electron chi connectivity index (χ3n) is 5.52. The minimum Gasteiger partial charge on any atom is -0.331 e. The van der Waals surface area contributed by atoms with Crippen LogP contribution in [0.4, 0.5) is 0 Å². The van der Waals surface area contributed by atoms with Crippen LogP contribution in [-0.2, 0) is 0 Å². The Kier molecular flexibility index (Phi) is 3.29. The molecule has 6 nitrogen and oxygen atoms in total. The van der Waals surface area contributed by atoms with Gasteiger partial charge < -0.3 is 4.90 Å². The summed E-state index contributed by atoms with van der Waals surface area (Å²) in [5.41, 5.74) is 1.42. The number of amides is 1. The lowest BCUT2D eigenvalue weighted by atomic mass is 9.97. The first-order valence-electron chi connectivity index (χ1n) is 8.84. The van der Waals surface area contributed by atoms with E-state index in [0.717, 1.165) is 36.6 Å². The molecule has 2 fully saturated rings. The number of hydrogen-bond acceptors (Lipinski definition) is 4. The first kappa shape index (κ1) is 14.6. The van der Waals surface area contributed by atoms with Gasteiger partial charge in [-0.15, -0.1) is 0 Å². The van der Waals surface area contributed by atoms with Crippen molar-refractivity contribution in [1.29, 1.82) is 0 Å². The quantitative estimate of drug-likeness (QED) is 0.723. The lowest BCUT2D eigenvalue weighted by molar-refractivity contribution is 0.0506. The maximum atomic E-state index is 13.1. The highest BCUT2D eigenvalue weighted by molar-refractivity contribution is 5.95. The van der Waals surface area contributed by atoms with Gasteiger partial charge >= 0.3 is 0 Å². The van der Waals surface area contributed by atoms with Crippen LogP contribution in [0.25, 0.3) is 10.9 Å². The van der Waals surface area contributed by atoms with Crippen molar-refractivity contribution in [1.82, 2.24) is 24.9 Å². The topological polar surface area (TPSA) is 63.9 Å². The third kappa shape index (κ3) is 2.40. The number of pyridine rings is 1. The number of nitrogens with zero attached hydrogens (tertiary/aromatic N) is 5. The molecule has 4 heterocycles. The van der Waals surface area contributed by atoms with Crippen LogP contribution in [0.3, 0.4) is 0 Å². The Hall–Kier alpha value is -2.76. The molecule has 0 spiro atoms. The van der Waals surface area contributed by atoms with Gasteiger partial charge in [0.05, 0.1) is 24.0 Å². The fraction of sp³-hybridized carbons (Fsp3) is 0.368. The largest absolute Gasteiger partial charge is 0.331 e. The highest BCUT2D eigenvalue weighted by atomic mass is 16.2. The molecule has 2 aliphatic heterocycles. The minimum atomic E-state index is 0.0603. The zero-order chi connectivity index (χ0) is 16.8. The second-order valence-electron chi connectivity index (χ2n) is 6.96. The van der Waals surface area contributed by atoms with E-state index >= 15 is 0 Å². The molecule has 25 heavy (non-hydrogen) atoms. The standard InChI is InChI=1S/C19H19N5O/c25-19(18-8-5-13-3-1-2-4-17(13)22-18)23-14-6-7-15(23)12-16(11-14)24-20-9-10-21-24/h1-5,8-10,14-16H,6-7,11-12H2. The molecule has 0 radical (unpaired) electrons. The van der Waals surface area contributed by atoms with E-state index in [1.807, 2.05) is 36.4 Å². The number of carbonyl (C=O) groups is 1. The first-order chi connectivity index (χ1) is 12.3. The van der Waals surface area contributed by atoms with E-state index in [2.05, 4.69) is 20.1 Å². The number of aromatic nitrogens is 4. The summed E-state index contributed by atoms with van der Waals surface area (Å²) < 4.78 is 0. The summed E-state index contributed by atoms with van der Waals surface area (Å²) in [6.07, 6.45) is 7.40. The Labute approximate surface area is 145 Å². The van der Waals surface area contributed by atoms with Crippen molar-refractivity contribution in [3.63, 3.8) is 0 Å². The van der Waals surface area contributed by atoms with Crippen LogP contribution in [0, 0.1) is 0 Å². The zero-order valence-corrected chi connectivity index (χ0v) is 13.8. The van der Waals surface area contributed by atoms with Crippen LogP contribution in [0.1, 0.15) is 42.2 Å². The third-order valence-corrected chi connectivity index (χ3v) is 5.52. The lowest BCUT2D eigenvalue weighted by Gasteiger charge is -2.38. The maximum Gasteiger partial charge on any atom is 0.272 e. The molecule has 2 aliphatic rings. The second-order valence-corrected chi connectivity index (χ2v) is 6.96. The summed E-state index contributed by atoms with van der Waals surface area (Å²) >= 11 is 0. The summed E-state index contributed by atoms with van der Waals surface area (Å²) in [5.74, 6) is 0.0603. The van der Waals surface area contributed by atoms with Crippen molar-refractivity contribution in [2.75, 3.05) is 0 Å². The Morgan fingerprint density at radius 3 is 2.40 bits per heavy atom. The zero-order valence-electron chi connectivity index (χ0n) is 13.8. The molecule has 126 valence electrons. The molecule has 2 saturated heterocycles. The van der Waals surface area contributed by atoms with Crippen LogP contribution in [0.15, 0.2) is 48.8 Å². The van der Waals surface area contributed by atoms with Crippen molar-refractivity contribution in [3.05, 3.63) is 54.5 Å². The molecule has 2 atom stereocenters. The number of para-hydroxylation sites is 1. The van der Waals surface area contributed by atoms with Crippen LogP contribution in [0.2, 0.25) is 0 Å². The van der Waals surface area contributed by atoms with E-state index in [0.29, 0.717) is 11.7 Å². The van der Waals surface area contributed by atoms with Crippen LogP contribution in [0.5, 0.6) is 0 Å². The second kappa shape index (κ2) is 5.65. The van der Waals surface area contributed by atoms with Crippen molar-refractivity contribution < 1.29 is 4.79 Å². The van der Waals surface area contributed by atoms with Crippen LogP contribution < -0.4 is 0 Å². The smallest absolute Gasteiger partial charge is 0.272 e. The minimum absolute atomic E-state index is 0.0603. The highest BCUT2D eigenvalue weighted by Gasteiger charge is 2.44. The fourth-order valence-electron chi connectivity index (χ4n) is 4.40. The first-order valence-corrected chi connectivity index (χ1v) is 8.84. The van der Waals surface area contributed by atoms with Crippen molar-refractivity contribution in [2.45, 2.75) is 43.8 Å². The summed E-state index contributed by atoms with van der Waals surface area (Å²) in [5, 5.41) is 9.64. The van der Waals surface area contributed by atoms with E-state index in [1.165, 1.54) is 0 Å². The van der Waals surface area contributed by atoms with Gasteiger partial charge in [-0.1, -0.05) is 24.3 Å². The molecule has 6 heteroatoms. The average Bonchev–Trinajstić information content (AvgIpc) is 3.27. The van der Waals surface area contributed by atoms with Gasteiger partial charge in [-0.25, -0.2) is 4.98 Å². The van der Waals surface area contributed by atoms with E-state index in [-0.39, 0.29) is 18.0 Å². The van der Waals surface area contributed by atoms with Crippen LogP contribution >= 0.6 is 0 Å². The molecule has 3 aromatic rings. The molecular formula is C19H19N5O. The van der Waals surface area contributed by atoms with Gasteiger partial charge in [0, 0.05) is 17.5 Å². The van der Waals surface area contributed by atoms with Gasteiger partial charge in [-0.05, 0) is 37.8 Å². The molecule has 2 aromatic heterocycles. The normalized spacial score (nSPS) is 25.4. The van der Waals surface area contributed by atoms with E-state index in [1.54, 1.807) is 17.2 Å². The number of hydrogen-bond donors (Lipinski definition) is 0. The Balaban J connectivity index is 1.42. The van der Waals surface area contributed by atoms with Gasteiger partial charge in [0.1, 0.15) is 5.69 Å². The van der Waals surface area contributed by atoms with Gasteiger partial charge in [0.25, 0.3) is 5.91 Å². The van der Waals surface area contributed by atoms with Crippen molar-refractivity contribution in [2.24, 2.45) is 0 Å². The molecule has 0 N–H and O–H groups in total. The lowest BCUT2D eigenvalue weighted by Crippen LogP contribution is -2.47. The SMILES string of the molecule is O=C(c1ccc2ccccc2n1)N1C2CCC1CC(n1nccn1)C2. The molecule has 1 amide bonds. The Morgan fingerprint density at radius 1 is 0.920 bits per heavy atom. The predicted octanol–water partition coefficient (Wildman–Crippen LogP) is 2.83. The molecule has 1 aromatic carbocycles. The highest BCUT2D eigenvalue weighted by Crippen LogP contribution is 2.41. The molecule has 2 bridgehead atoms. The Morgan fingerprint density at radius 2 is 1.64 bits per heavy atom. The monoisotopic (exact) mass is 333 g/mol. The summed E-state index contributed by atoms with van der Waals surface area (Å²) in [7, 11) is 0.